The van der Waals surface area contributed by atoms with Crippen molar-refractivity contribution in [3.05, 3.63) is 52.2 Å². The van der Waals surface area contributed by atoms with Crippen LogP contribution >= 0.6 is 11.3 Å². The lowest BCUT2D eigenvalue weighted by Crippen LogP contribution is -2.37. The molecular weight excluding hydrogens is 310 g/mol. The van der Waals surface area contributed by atoms with E-state index in [1.807, 2.05) is 21.7 Å². The summed E-state index contributed by atoms with van der Waals surface area (Å²) < 4.78 is 0. The minimum Gasteiger partial charge on any atom is -0.399 e. The Hall–Kier alpha value is -2.34. The molecule has 0 unspecified atom stereocenters. The van der Waals surface area contributed by atoms with E-state index in [0.29, 0.717) is 37.4 Å². The van der Waals surface area contributed by atoms with Gasteiger partial charge in [0.15, 0.2) is 0 Å². The fourth-order valence-electron chi connectivity index (χ4n) is 2.75. The molecule has 23 heavy (non-hydrogen) atoms. The summed E-state index contributed by atoms with van der Waals surface area (Å²) in [5, 5.41) is 3.77. The zero-order valence-electron chi connectivity index (χ0n) is 12.8. The number of nitrogens with two attached hydrogens (primary N) is 1. The van der Waals surface area contributed by atoms with Crippen molar-refractivity contribution in [3.63, 3.8) is 0 Å². The molecule has 0 saturated carbocycles. The SMILES string of the molecule is Nc1cccc(C(=O)N2CCCN(C(=O)c3ccsc3)CC2)c1. The second-order valence-corrected chi connectivity index (χ2v) is 6.36. The summed E-state index contributed by atoms with van der Waals surface area (Å²) in [6, 6.07) is 8.86. The van der Waals surface area contributed by atoms with Crippen LogP contribution in [0.5, 0.6) is 0 Å². The molecule has 1 aliphatic heterocycles. The summed E-state index contributed by atoms with van der Waals surface area (Å²) >= 11 is 1.52. The Balaban J connectivity index is 1.66. The normalized spacial score (nSPS) is 15.3. The molecule has 1 fully saturated rings. The first-order valence-electron chi connectivity index (χ1n) is 7.61. The zero-order chi connectivity index (χ0) is 16.2. The second kappa shape index (κ2) is 6.83. The van der Waals surface area contributed by atoms with Crippen LogP contribution in [0, 0.1) is 0 Å². The molecule has 5 nitrogen and oxygen atoms in total. The lowest BCUT2D eigenvalue weighted by Gasteiger charge is -2.22. The number of carbonyl (C=O) groups excluding carboxylic acids is 2. The van der Waals surface area contributed by atoms with Gasteiger partial charge in [0, 0.05) is 42.8 Å². The molecular formula is C17H19N3O2S. The Kier molecular flexibility index (Phi) is 4.62. The number of rotatable bonds is 2. The van der Waals surface area contributed by atoms with Crippen molar-refractivity contribution >= 4 is 28.8 Å². The molecule has 0 bridgehead atoms. The minimum absolute atomic E-state index is 0.0258. The van der Waals surface area contributed by atoms with Gasteiger partial charge in [0.05, 0.1) is 5.56 Å². The van der Waals surface area contributed by atoms with Gasteiger partial charge in [-0.1, -0.05) is 6.07 Å². The predicted octanol–water partition coefficient (Wildman–Crippen LogP) is 2.32. The maximum absolute atomic E-state index is 12.6. The van der Waals surface area contributed by atoms with Crippen LogP contribution in [0.25, 0.3) is 0 Å². The van der Waals surface area contributed by atoms with Gasteiger partial charge in [-0.05, 0) is 36.1 Å². The van der Waals surface area contributed by atoms with Crippen molar-refractivity contribution in [2.75, 3.05) is 31.9 Å². The first-order valence-corrected chi connectivity index (χ1v) is 8.56. The number of hydrogen-bond donors (Lipinski definition) is 1. The number of amides is 2. The zero-order valence-corrected chi connectivity index (χ0v) is 13.6. The summed E-state index contributed by atoms with van der Waals surface area (Å²) in [6.45, 7) is 2.43. The first-order chi connectivity index (χ1) is 11.1. The van der Waals surface area contributed by atoms with E-state index < -0.39 is 0 Å². The Morgan fingerprint density at radius 1 is 0.957 bits per heavy atom. The monoisotopic (exact) mass is 329 g/mol. The van der Waals surface area contributed by atoms with Gasteiger partial charge < -0.3 is 15.5 Å². The van der Waals surface area contributed by atoms with Crippen molar-refractivity contribution < 1.29 is 9.59 Å². The summed E-state index contributed by atoms with van der Waals surface area (Å²) in [5.41, 5.74) is 7.66. The lowest BCUT2D eigenvalue weighted by molar-refractivity contribution is 0.0719. The van der Waals surface area contributed by atoms with Gasteiger partial charge in [-0.25, -0.2) is 0 Å². The molecule has 1 saturated heterocycles. The highest BCUT2D eigenvalue weighted by Crippen LogP contribution is 2.15. The van der Waals surface area contributed by atoms with Crippen LogP contribution in [0.15, 0.2) is 41.1 Å². The minimum atomic E-state index is -0.0258. The molecule has 6 heteroatoms. The highest BCUT2D eigenvalue weighted by molar-refractivity contribution is 7.08. The van der Waals surface area contributed by atoms with Crippen molar-refractivity contribution in [1.29, 1.82) is 0 Å². The maximum atomic E-state index is 12.6. The maximum Gasteiger partial charge on any atom is 0.254 e. The molecule has 0 spiro atoms. The third kappa shape index (κ3) is 3.53. The molecule has 2 amide bonds. The highest BCUT2D eigenvalue weighted by Gasteiger charge is 2.23. The fraction of sp³-hybridized carbons (Fsp3) is 0.294. The predicted molar refractivity (Wildman–Crippen MR) is 91.6 cm³/mol. The molecule has 1 aromatic carbocycles. The number of hydrogen-bond acceptors (Lipinski definition) is 4. The van der Waals surface area contributed by atoms with Gasteiger partial charge in [-0.3, -0.25) is 9.59 Å². The molecule has 2 N–H and O–H groups in total. The molecule has 1 aliphatic rings. The van der Waals surface area contributed by atoms with Crippen molar-refractivity contribution in [2.24, 2.45) is 0 Å². The molecule has 120 valence electrons. The van der Waals surface area contributed by atoms with Crippen LogP contribution in [0.1, 0.15) is 27.1 Å². The quantitative estimate of drug-likeness (QED) is 0.860. The van der Waals surface area contributed by atoms with E-state index in [-0.39, 0.29) is 11.8 Å². The van der Waals surface area contributed by atoms with Gasteiger partial charge in [-0.15, -0.1) is 0 Å². The van der Waals surface area contributed by atoms with Crippen molar-refractivity contribution in [2.45, 2.75) is 6.42 Å². The Morgan fingerprint density at radius 2 is 1.65 bits per heavy atom. The van der Waals surface area contributed by atoms with Crippen LogP contribution in [-0.4, -0.2) is 47.8 Å². The molecule has 0 aliphatic carbocycles. The van der Waals surface area contributed by atoms with E-state index in [9.17, 15) is 9.59 Å². The van der Waals surface area contributed by atoms with Crippen LogP contribution < -0.4 is 5.73 Å². The molecule has 0 radical (unpaired) electrons. The van der Waals surface area contributed by atoms with E-state index in [1.54, 1.807) is 29.2 Å². The summed E-state index contributed by atoms with van der Waals surface area (Å²) in [7, 11) is 0. The second-order valence-electron chi connectivity index (χ2n) is 5.58. The molecule has 2 heterocycles. The average molecular weight is 329 g/mol. The van der Waals surface area contributed by atoms with E-state index in [0.717, 1.165) is 12.0 Å². The topological polar surface area (TPSA) is 66.6 Å². The number of thiophene rings is 1. The van der Waals surface area contributed by atoms with E-state index in [1.165, 1.54) is 11.3 Å². The van der Waals surface area contributed by atoms with Crippen LogP contribution in [0.3, 0.4) is 0 Å². The van der Waals surface area contributed by atoms with Gasteiger partial charge in [-0.2, -0.15) is 11.3 Å². The Bertz CT molecular complexity index is 700. The molecule has 0 atom stereocenters. The third-order valence-corrected chi connectivity index (χ3v) is 4.66. The van der Waals surface area contributed by atoms with Crippen LogP contribution in [0.2, 0.25) is 0 Å². The number of nitrogens with zero attached hydrogens (tertiary/aromatic N) is 2. The van der Waals surface area contributed by atoms with Crippen LogP contribution in [-0.2, 0) is 0 Å². The third-order valence-electron chi connectivity index (χ3n) is 3.97. The van der Waals surface area contributed by atoms with E-state index in [4.69, 9.17) is 5.73 Å². The number of anilines is 1. The van der Waals surface area contributed by atoms with Gasteiger partial charge in [0.2, 0.25) is 0 Å². The Labute approximate surface area is 139 Å². The van der Waals surface area contributed by atoms with Crippen molar-refractivity contribution in [1.82, 2.24) is 9.80 Å². The number of nitrogen functional groups attached to an aromatic ring is 1. The fourth-order valence-corrected chi connectivity index (χ4v) is 3.38. The highest BCUT2D eigenvalue weighted by atomic mass is 32.1. The van der Waals surface area contributed by atoms with Gasteiger partial charge >= 0.3 is 0 Å². The Morgan fingerprint density at radius 3 is 2.26 bits per heavy atom. The molecule has 1 aromatic heterocycles. The molecule has 3 rings (SSSR count). The smallest absolute Gasteiger partial charge is 0.254 e. The lowest BCUT2D eigenvalue weighted by atomic mass is 10.1. The summed E-state index contributed by atoms with van der Waals surface area (Å²) in [6.07, 6.45) is 0.782. The summed E-state index contributed by atoms with van der Waals surface area (Å²) in [5.74, 6) is 0.0200. The molecule has 2 aromatic rings. The summed E-state index contributed by atoms with van der Waals surface area (Å²) in [4.78, 5) is 28.6. The van der Waals surface area contributed by atoms with Gasteiger partial charge in [0.25, 0.3) is 11.8 Å². The standard InChI is InChI=1S/C17H19N3O2S/c18-15-4-1-3-13(11-15)16(21)19-6-2-7-20(9-8-19)17(22)14-5-10-23-12-14/h1,3-5,10-12H,2,6-9,18H2. The van der Waals surface area contributed by atoms with Gasteiger partial charge in [0.1, 0.15) is 0 Å². The first kappa shape index (κ1) is 15.6. The van der Waals surface area contributed by atoms with Crippen molar-refractivity contribution in [3.8, 4) is 0 Å². The van der Waals surface area contributed by atoms with E-state index in [2.05, 4.69) is 0 Å². The van der Waals surface area contributed by atoms with E-state index >= 15 is 0 Å². The average Bonchev–Trinajstić information content (AvgIpc) is 2.98. The van der Waals surface area contributed by atoms with Crippen LogP contribution in [0.4, 0.5) is 5.69 Å². The number of carbonyl (C=O) groups is 2. The largest absolute Gasteiger partial charge is 0.399 e. The number of benzene rings is 1.